The monoisotopic (exact) mass is 248 g/mol. The Bertz CT molecular complexity index is 447. The van der Waals surface area contributed by atoms with Gasteiger partial charge in [0.15, 0.2) is 5.78 Å². The van der Waals surface area contributed by atoms with Crippen molar-refractivity contribution in [3.63, 3.8) is 0 Å². The predicted octanol–water partition coefficient (Wildman–Crippen LogP) is 4.60. The zero-order chi connectivity index (χ0) is 13.3. The quantitative estimate of drug-likeness (QED) is 0.715. The molecule has 0 bridgehead atoms. The van der Waals surface area contributed by atoms with Crippen molar-refractivity contribution in [1.29, 1.82) is 0 Å². The average molecular weight is 248 g/mol. The molecule has 0 saturated heterocycles. The number of ketones is 1. The van der Waals surface area contributed by atoms with Crippen LogP contribution in [0.1, 0.15) is 60.5 Å². The fourth-order valence-electron chi connectivity index (χ4n) is 3.26. The highest BCUT2D eigenvalue weighted by atomic mass is 19.1. The SMILES string of the molecule is CCC1(C(=O)c2c(C)cc(C)cc2F)CCCC1. The van der Waals surface area contributed by atoms with Crippen LogP contribution in [-0.4, -0.2) is 5.78 Å². The molecule has 1 nitrogen and oxygen atoms in total. The van der Waals surface area contributed by atoms with Crippen LogP contribution in [0.4, 0.5) is 4.39 Å². The smallest absolute Gasteiger partial charge is 0.172 e. The summed E-state index contributed by atoms with van der Waals surface area (Å²) in [5.74, 6) is -0.324. The molecule has 0 N–H and O–H groups in total. The van der Waals surface area contributed by atoms with E-state index in [9.17, 15) is 9.18 Å². The Hall–Kier alpha value is -1.18. The number of halogens is 1. The summed E-state index contributed by atoms with van der Waals surface area (Å²) in [4.78, 5) is 12.7. The van der Waals surface area contributed by atoms with Gasteiger partial charge in [0.2, 0.25) is 0 Å². The lowest BCUT2D eigenvalue weighted by molar-refractivity contribution is 0.0786. The molecule has 0 spiro atoms. The molecule has 1 fully saturated rings. The zero-order valence-corrected chi connectivity index (χ0v) is 11.5. The third-order valence-corrected chi connectivity index (χ3v) is 4.38. The molecule has 0 aliphatic heterocycles. The number of carbonyl (C=O) groups is 1. The van der Waals surface area contributed by atoms with Crippen molar-refractivity contribution in [2.24, 2.45) is 5.41 Å². The maximum Gasteiger partial charge on any atom is 0.172 e. The molecule has 0 unspecified atom stereocenters. The van der Waals surface area contributed by atoms with E-state index in [1.54, 1.807) is 0 Å². The molecule has 98 valence electrons. The molecule has 0 radical (unpaired) electrons. The van der Waals surface area contributed by atoms with Crippen molar-refractivity contribution in [3.05, 3.63) is 34.6 Å². The van der Waals surface area contributed by atoms with E-state index in [4.69, 9.17) is 0 Å². The van der Waals surface area contributed by atoms with Crippen LogP contribution in [-0.2, 0) is 0 Å². The lowest BCUT2D eigenvalue weighted by Crippen LogP contribution is -2.29. The average Bonchev–Trinajstić information content (AvgIpc) is 2.77. The van der Waals surface area contributed by atoms with Crippen LogP contribution in [0.25, 0.3) is 0 Å². The molecule has 1 aromatic rings. The first-order valence-electron chi connectivity index (χ1n) is 6.82. The summed E-state index contributed by atoms with van der Waals surface area (Å²) in [6, 6.07) is 3.37. The van der Waals surface area contributed by atoms with Gasteiger partial charge in [-0.25, -0.2) is 4.39 Å². The number of hydrogen-bond donors (Lipinski definition) is 0. The molecule has 1 aliphatic carbocycles. The summed E-state index contributed by atoms with van der Waals surface area (Å²) >= 11 is 0. The number of carbonyl (C=O) groups excluding carboxylic acids is 1. The minimum atomic E-state index is -0.350. The van der Waals surface area contributed by atoms with Crippen molar-refractivity contribution in [2.75, 3.05) is 0 Å². The number of Topliss-reactive ketones (excluding diaryl/α,β-unsaturated/α-hetero) is 1. The number of rotatable bonds is 3. The molecule has 1 aromatic carbocycles. The lowest BCUT2D eigenvalue weighted by atomic mass is 9.75. The van der Waals surface area contributed by atoms with Crippen molar-refractivity contribution < 1.29 is 9.18 Å². The van der Waals surface area contributed by atoms with E-state index in [2.05, 4.69) is 0 Å². The molecule has 0 aromatic heterocycles. The predicted molar refractivity (Wildman–Crippen MR) is 71.4 cm³/mol. The second-order valence-corrected chi connectivity index (χ2v) is 5.61. The van der Waals surface area contributed by atoms with Crippen LogP contribution in [0.2, 0.25) is 0 Å². The van der Waals surface area contributed by atoms with E-state index in [1.807, 2.05) is 26.8 Å². The summed E-state index contributed by atoms with van der Waals surface area (Å²) in [7, 11) is 0. The molecule has 1 saturated carbocycles. The molecular formula is C16H21FO. The second kappa shape index (κ2) is 4.83. The third-order valence-electron chi connectivity index (χ3n) is 4.38. The van der Waals surface area contributed by atoms with Crippen LogP contribution < -0.4 is 0 Å². The Balaban J connectivity index is 2.46. The Labute approximate surface area is 108 Å². The summed E-state index contributed by atoms with van der Waals surface area (Å²) in [5.41, 5.74) is 1.67. The maximum atomic E-state index is 14.1. The first-order valence-corrected chi connectivity index (χ1v) is 6.82. The van der Waals surface area contributed by atoms with E-state index in [1.165, 1.54) is 6.07 Å². The van der Waals surface area contributed by atoms with Crippen LogP contribution in [0, 0.1) is 25.1 Å². The van der Waals surface area contributed by atoms with Gasteiger partial charge in [-0.15, -0.1) is 0 Å². The van der Waals surface area contributed by atoms with Gasteiger partial charge >= 0.3 is 0 Å². The van der Waals surface area contributed by atoms with Crippen LogP contribution >= 0.6 is 0 Å². The third kappa shape index (κ3) is 2.09. The van der Waals surface area contributed by atoms with Crippen LogP contribution in [0.3, 0.4) is 0 Å². The Kier molecular flexibility index (Phi) is 3.56. The summed E-state index contributed by atoms with van der Waals surface area (Å²) in [6.45, 7) is 5.74. The molecule has 0 heterocycles. The van der Waals surface area contributed by atoms with Gasteiger partial charge in [-0.3, -0.25) is 4.79 Å². The fourth-order valence-corrected chi connectivity index (χ4v) is 3.26. The fraction of sp³-hybridized carbons (Fsp3) is 0.562. The van der Waals surface area contributed by atoms with E-state index in [0.717, 1.165) is 43.2 Å². The minimum absolute atomic E-state index is 0.0255. The Morgan fingerprint density at radius 3 is 2.39 bits per heavy atom. The van der Waals surface area contributed by atoms with Gasteiger partial charge in [-0.2, -0.15) is 0 Å². The van der Waals surface area contributed by atoms with E-state index < -0.39 is 0 Å². The standard InChI is InChI=1S/C16H21FO/c1-4-16(7-5-6-8-16)15(18)14-12(3)9-11(2)10-13(14)17/h9-10H,4-8H2,1-3H3. The number of aryl methyl sites for hydroxylation is 2. The van der Waals surface area contributed by atoms with Gasteiger partial charge in [0, 0.05) is 5.41 Å². The van der Waals surface area contributed by atoms with Gasteiger partial charge in [-0.05, 0) is 50.3 Å². The lowest BCUT2D eigenvalue weighted by Gasteiger charge is -2.26. The van der Waals surface area contributed by atoms with Gasteiger partial charge < -0.3 is 0 Å². The molecule has 1 aliphatic rings. The number of hydrogen-bond acceptors (Lipinski definition) is 1. The van der Waals surface area contributed by atoms with Gasteiger partial charge in [-0.1, -0.05) is 25.8 Å². The van der Waals surface area contributed by atoms with Crippen molar-refractivity contribution in [3.8, 4) is 0 Å². The van der Waals surface area contributed by atoms with E-state index in [-0.39, 0.29) is 17.0 Å². The highest BCUT2D eigenvalue weighted by molar-refractivity contribution is 6.02. The molecule has 2 heteroatoms. The topological polar surface area (TPSA) is 17.1 Å². The zero-order valence-electron chi connectivity index (χ0n) is 11.5. The van der Waals surface area contributed by atoms with Crippen LogP contribution in [0.15, 0.2) is 12.1 Å². The highest BCUT2D eigenvalue weighted by Crippen LogP contribution is 2.44. The first-order chi connectivity index (χ1) is 8.50. The molecule has 2 rings (SSSR count). The summed E-state index contributed by atoms with van der Waals surface area (Å²) in [6.07, 6.45) is 4.82. The first kappa shape index (κ1) is 13.3. The molecule has 18 heavy (non-hydrogen) atoms. The van der Waals surface area contributed by atoms with E-state index in [0.29, 0.717) is 5.56 Å². The normalized spacial score (nSPS) is 18.0. The van der Waals surface area contributed by atoms with Gasteiger partial charge in [0.25, 0.3) is 0 Å². The number of benzene rings is 1. The molecular weight excluding hydrogens is 227 g/mol. The minimum Gasteiger partial charge on any atom is -0.293 e. The van der Waals surface area contributed by atoms with Gasteiger partial charge in [0.1, 0.15) is 5.82 Å². The largest absolute Gasteiger partial charge is 0.293 e. The Morgan fingerprint density at radius 1 is 1.28 bits per heavy atom. The molecule has 0 amide bonds. The van der Waals surface area contributed by atoms with Crippen molar-refractivity contribution >= 4 is 5.78 Å². The van der Waals surface area contributed by atoms with Gasteiger partial charge in [0.05, 0.1) is 5.56 Å². The van der Waals surface area contributed by atoms with E-state index >= 15 is 0 Å². The molecule has 0 atom stereocenters. The highest BCUT2D eigenvalue weighted by Gasteiger charge is 2.41. The summed E-state index contributed by atoms with van der Waals surface area (Å²) < 4.78 is 14.1. The van der Waals surface area contributed by atoms with Crippen molar-refractivity contribution in [2.45, 2.75) is 52.9 Å². The van der Waals surface area contributed by atoms with Crippen molar-refractivity contribution in [1.82, 2.24) is 0 Å². The summed E-state index contributed by atoms with van der Waals surface area (Å²) in [5, 5.41) is 0. The maximum absolute atomic E-state index is 14.1. The second-order valence-electron chi connectivity index (χ2n) is 5.61. The Morgan fingerprint density at radius 2 is 1.89 bits per heavy atom. The van der Waals surface area contributed by atoms with Crippen LogP contribution in [0.5, 0.6) is 0 Å².